The summed E-state index contributed by atoms with van der Waals surface area (Å²) in [6, 6.07) is 10.3. The minimum absolute atomic E-state index is 0.179. The molecule has 0 atom stereocenters. The molecule has 0 N–H and O–H groups in total. The van der Waals surface area contributed by atoms with Crippen LogP contribution in [-0.2, 0) is 11.3 Å². The lowest BCUT2D eigenvalue weighted by atomic mass is 10.1. The van der Waals surface area contributed by atoms with Crippen LogP contribution >= 0.6 is 0 Å². The molecule has 0 aliphatic heterocycles. The molecule has 1 heterocycles. The van der Waals surface area contributed by atoms with Crippen LogP contribution in [0.2, 0.25) is 0 Å². The van der Waals surface area contributed by atoms with E-state index in [1.54, 1.807) is 6.92 Å². The van der Waals surface area contributed by atoms with Crippen LogP contribution in [0.1, 0.15) is 12.6 Å². The van der Waals surface area contributed by atoms with E-state index in [9.17, 15) is 4.79 Å². The number of benzene rings is 1. The van der Waals surface area contributed by atoms with E-state index in [0.29, 0.717) is 6.54 Å². The van der Waals surface area contributed by atoms with E-state index in [2.05, 4.69) is 18.2 Å². The zero-order valence-corrected chi connectivity index (χ0v) is 9.03. The number of hydrogen-bond acceptors (Lipinski definition) is 1. The van der Waals surface area contributed by atoms with Gasteiger partial charge in [0.05, 0.1) is 0 Å². The zero-order valence-electron chi connectivity index (χ0n) is 9.03. The van der Waals surface area contributed by atoms with E-state index in [1.807, 2.05) is 29.8 Å². The fourth-order valence-electron chi connectivity index (χ4n) is 1.75. The topological polar surface area (TPSA) is 20.9 Å². The third kappa shape index (κ3) is 2.04. The summed E-state index contributed by atoms with van der Waals surface area (Å²) in [5.41, 5.74) is 1.11. The lowest BCUT2D eigenvalue weighted by Crippen LogP contribution is -2.39. The fourth-order valence-corrected chi connectivity index (χ4v) is 1.75. The first-order valence-corrected chi connectivity index (χ1v) is 5.05. The van der Waals surface area contributed by atoms with Gasteiger partial charge in [-0.25, -0.2) is 0 Å². The second kappa shape index (κ2) is 3.81. The summed E-state index contributed by atoms with van der Waals surface area (Å²) in [5.74, 6) is 0.179. The van der Waals surface area contributed by atoms with Crippen molar-refractivity contribution in [1.29, 1.82) is 0 Å². The highest BCUT2D eigenvalue weighted by Crippen LogP contribution is 2.11. The van der Waals surface area contributed by atoms with Crippen molar-refractivity contribution in [1.82, 2.24) is 0 Å². The van der Waals surface area contributed by atoms with Gasteiger partial charge >= 0.3 is 0 Å². The van der Waals surface area contributed by atoms with E-state index in [0.717, 1.165) is 5.69 Å². The number of carbonyl (C=O) groups is 1. The van der Waals surface area contributed by atoms with Gasteiger partial charge in [-0.3, -0.25) is 4.79 Å². The molecule has 0 aliphatic rings. The first-order chi connectivity index (χ1) is 7.16. The van der Waals surface area contributed by atoms with Gasteiger partial charge in [-0.15, -0.1) is 0 Å². The maximum absolute atomic E-state index is 11.1. The zero-order chi connectivity index (χ0) is 10.8. The third-order valence-electron chi connectivity index (χ3n) is 2.50. The van der Waals surface area contributed by atoms with E-state index >= 15 is 0 Å². The van der Waals surface area contributed by atoms with Gasteiger partial charge in [0, 0.05) is 25.3 Å². The Morgan fingerprint density at radius 3 is 2.60 bits per heavy atom. The summed E-state index contributed by atoms with van der Waals surface area (Å²) in [5, 5.41) is 2.39. The number of ketones is 1. The average molecular weight is 200 g/mol. The average Bonchev–Trinajstić information content (AvgIpc) is 2.18. The number of hydrogen-bond donors (Lipinski definition) is 0. The monoisotopic (exact) mass is 200 g/mol. The number of rotatable bonds is 2. The van der Waals surface area contributed by atoms with Crippen molar-refractivity contribution in [3.63, 3.8) is 0 Å². The summed E-state index contributed by atoms with van der Waals surface area (Å²) in [7, 11) is 0. The van der Waals surface area contributed by atoms with E-state index in [1.165, 1.54) is 10.8 Å². The van der Waals surface area contributed by atoms with Gasteiger partial charge in [0.2, 0.25) is 6.54 Å². The Labute approximate surface area is 89.2 Å². The molecule has 1 aromatic heterocycles. The summed E-state index contributed by atoms with van der Waals surface area (Å²) >= 11 is 0. The van der Waals surface area contributed by atoms with E-state index in [4.69, 9.17) is 0 Å². The predicted octanol–water partition coefficient (Wildman–Crippen LogP) is 2.02. The maximum atomic E-state index is 11.1. The van der Waals surface area contributed by atoms with Crippen LogP contribution < -0.4 is 4.57 Å². The first-order valence-electron chi connectivity index (χ1n) is 5.05. The third-order valence-corrected chi connectivity index (χ3v) is 2.50. The normalized spacial score (nSPS) is 10.5. The number of aryl methyl sites for hydroxylation is 1. The number of fused-ring (bicyclic) bond motifs is 1. The molecule has 1 aromatic carbocycles. The molecule has 2 rings (SSSR count). The van der Waals surface area contributed by atoms with Crippen LogP contribution in [0.5, 0.6) is 0 Å². The van der Waals surface area contributed by atoms with Gasteiger partial charge in [-0.2, -0.15) is 4.57 Å². The van der Waals surface area contributed by atoms with Crippen molar-refractivity contribution in [3.05, 3.63) is 42.2 Å². The van der Waals surface area contributed by atoms with Crippen molar-refractivity contribution in [2.75, 3.05) is 0 Å². The molecule has 0 fully saturated rings. The summed E-state index contributed by atoms with van der Waals surface area (Å²) in [6.45, 7) is 4.09. The molecule has 2 nitrogen and oxygen atoms in total. The second-order valence-electron chi connectivity index (χ2n) is 3.87. The lowest BCUT2D eigenvalue weighted by Gasteiger charge is -2.00. The molecule has 2 aromatic rings. The van der Waals surface area contributed by atoms with Crippen LogP contribution in [0.3, 0.4) is 0 Å². The van der Waals surface area contributed by atoms with Crippen LogP contribution in [-0.4, -0.2) is 5.78 Å². The van der Waals surface area contributed by atoms with Gasteiger partial charge in [-0.05, 0) is 11.5 Å². The largest absolute Gasteiger partial charge is 0.293 e. The smallest absolute Gasteiger partial charge is 0.206 e. The van der Waals surface area contributed by atoms with Crippen LogP contribution in [0.25, 0.3) is 10.8 Å². The Morgan fingerprint density at radius 2 is 1.93 bits per heavy atom. The highest BCUT2D eigenvalue weighted by atomic mass is 16.1. The highest BCUT2D eigenvalue weighted by molar-refractivity contribution is 5.81. The summed E-state index contributed by atoms with van der Waals surface area (Å²) in [6.07, 6.45) is 2.03. The molecule has 76 valence electrons. The molecule has 0 radical (unpaired) electrons. The molecule has 0 spiro atoms. The Hall–Kier alpha value is -1.70. The molecular formula is C13H14NO+. The van der Waals surface area contributed by atoms with E-state index < -0.39 is 0 Å². The van der Waals surface area contributed by atoms with Crippen LogP contribution in [0, 0.1) is 6.92 Å². The molecule has 2 heteroatoms. The number of aromatic nitrogens is 1. The van der Waals surface area contributed by atoms with Gasteiger partial charge in [0.1, 0.15) is 0 Å². The van der Waals surface area contributed by atoms with E-state index in [-0.39, 0.29) is 5.78 Å². The number of carbonyl (C=O) groups excluding carboxylic acids is 1. The number of pyridine rings is 1. The van der Waals surface area contributed by atoms with Gasteiger partial charge in [0.25, 0.3) is 0 Å². The van der Waals surface area contributed by atoms with Crippen molar-refractivity contribution in [2.45, 2.75) is 20.4 Å². The number of nitrogens with zero attached hydrogens (tertiary/aromatic N) is 1. The Morgan fingerprint density at radius 1 is 1.27 bits per heavy atom. The van der Waals surface area contributed by atoms with Gasteiger partial charge in [-0.1, -0.05) is 18.2 Å². The highest BCUT2D eigenvalue weighted by Gasteiger charge is 2.10. The first kappa shape index (κ1) is 9.84. The SMILES string of the molecule is CC(=O)C[n+]1cc2ccccc2cc1C. The fraction of sp³-hybridized carbons (Fsp3) is 0.231. The molecule has 0 saturated carbocycles. The van der Waals surface area contributed by atoms with Crippen molar-refractivity contribution < 1.29 is 9.36 Å². The standard InChI is InChI=1S/C13H14NO/c1-10-7-12-5-3-4-6-13(12)9-14(10)8-11(2)15/h3-7,9H,8H2,1-2H3/q+1. The molecule has 0 bridgehead atoms. The minimum Gasteiger partial charge on any atom is -0.293 e. The van der Waals surface area contributed by atoms with Crippen LogP contribution in [0.4, 0.5) is 0 Å². The van der Waals surface area contributed by atoms with Crippen molar-refractivity contribution >= 4 is 16.6 Å². The Kier molecular flexibility index (Phi) is 2.50. The lowest BCUT2D eigenvalue weighted by molar-refractivity contribution is -0.688. The van der Waals surface area contributed by atoms with Crippen molar-refractivity contribution in [3.8, 4) is 0 Å². The molecule has 0 saturated heterocycles. The molecule has 15 heavy (non-hydrogen) atoms. The minimum atomic E-state index is 0.179. The molecule has 0 amide bonds. The molecule has 0 aliphatic carbocycles. The summed E-state index contributed by atoms with van der Waals surface area (Å²) < 4.78 is 1.99. The number of Topliss-reactive ketones (excluding diaryl/α,β-unsaturated/α-hetero) is 1. The second-order valence-corrected chi connectivity index (χ2v) is 3.87. The van der Waals surface area contributed by atoms with Gasteiger partial charge in [0.15, 0.2) is 17.7 Å². The van der Waals surface area contributed by atoms with Crippen LogP contribution in [0.15, 0.2) is 36.5 Å². The predicted molar refractivity (Wildman–Crippen MR) is 59.6 cm³/mol. The quantitative estimate of drug-likeness (QED) is 0.679. The maximum Gasteiger partial charge on any atom is 0.206 e. The van der Waals surface area contributed by atoms with Crippen molar-refractivity contribution in [2.24, 2.45) is 0 Å². The Balaban J connectivity index is 2.56. The Bertz CT molecular complexity index is 517. The molecule has 0 unspecified atom stereocenters. The summed E-state index contributed by atoms with van der Waals surface area (Å²) in [4.78, 5) is 11.1. The molecular weight excluding hydrogens is 186 g/mol. The van der Waals surface area contributed by atoms with Gasteiger partial charge < -0.3 is 0 Å².